The number of aliphatic hydroxyl groups excluding tert-OH is 2. The number of carbonyl (C=O) groups excluding carboxylic acids is 3. The largest absolute Gasteiger partial charge is 0.507 e. The number of benzene rings is 3. The molecule has 0 amide bonds. The van der Waals surface area contributed by atoms with Gasteiger partial charge in [0.1, 0.15) is 29.5 Å². The third kappa shape index (κ3) is 6.49. The Labute approximate surface area is 309 Å². The van der Waals surface area contributed by atoms with E-state index in [1.165, 1.54) is 48.3 Å². The van der Waals surface area contributed by atoms with Crippen molar-refractivity contribution in [1.29, 1.82) is 0 Å². The van der Waals surface area contributed by atoms with Gasteiger partial charge < -0.3 is 50.4 Å². The fourth-order valence-corrected chi connectivity index (χ4v) is 8.76. The summed E-state index contributed by atoms with van der Waals surface area (Å²) in [6, 6.07) is 14.6. The Morgan fingerprint density at radius 3 is 2.49 bits per heavy atom. The summed E-state index contributed by atoms with van der Waals surface area (Å²) in [5.74, 6) is -2.57. The molecule has 3 aromatic rings. The van der Waals surface area contributed by atoms with Crippen LogP contribution in [-0.4, -0.2) is 116 Å². The molecule has 0 spiro atoms. The first-order chi connectivity index (χ1) is 25.4. The maximum atomic E-state index is 13.6. The van der Waals surface area contributed by atoms with Crippen LogP contribution in [0.1, 0.15) is 80.4 Å². The van der Waals surface area contributed by atoms with Gasteiger partial charge in [-0.25, -0.2) is 0 Å². The van der Waals surface area contributed by atoms with Crippen LogP contribution >= 0.6 is 11.8 Å². The maximum absolute atomic E-state index is 13.6. The van der Waals surface area contributed by atoms with Crippen LogP contribution < -0.4 is 10.5 Å². The Morgan fingerprint density at radius 2 is 1.81 bits per heavy atom. The molecule has 53 heavy (non-hydrogen) atoms. The number of phenolic OH excluding ortho intramolecular Hbond substituents is 2. The van der Waals surface area contributed by atoms with Crippen molar-refractivity contribution in [3.8, 4) is 17.2 Å². The van der Waals surface area contributed by atoms with E-state index in [2.05, 4.69) is 35.2 Å². The first-order valence-electron chi connectivity index (χ1n) is 17.4. The molecular formula is C38H41N3O11S. The molecule has 2 fully saturated rings. The summed E-state index contributed by atoms with van der Waals surface area (Å²) < 4.78 is 17.0. The van der Waals surface area contributed by atoms with Crippen LogP contribution in [0.3, 0.4) is 0 Å². The zero-order valence-electron chi connectivity index (χ0n) is 29.1. The number of methoxy groups -OCH3 is 1. The van der Waals surface area contributed by atoms with Crippen LogP contribution in [0.2, 0.25) is 0 Å². The normalized spacial score (nSPS) is 28.6. The minimum Gasteiger partial charge on any atom is -0.507 e. The lowest BCUT2D eigenvalue weighted by molar-refractivity contribution is -0.247. The second-order valence-corrected chi connectivity index (χ2v) is 14.9. The zero-order valence-corrected chi connectivity index (χ0v) is 29.9. The summed E-state index contributed by atoms with van der Waals surface area (Å²) in [4.78, 5) is 46.9. The number of aromatic hydroxyl groups is 2. The molecule has 3 aromatic carbocycles. The number of aliphatic hydroxyl groups is 3. The topological polar surface area (TPSA) is 222 Å². The molecule has 14 nitrogen and oxygen atoms in total. The smallest absolute Gasteiger partial charge is 0.202 e. The van der Waals surface area contributed by atoms with Gasteiger partial charge in [0.2, 0.25) is 5.78 Å². The van der Waals surface area contributed by atoms with E-state index in [1.807, 2.05) is 11.8 Å². The SMILES string of the molecule is COc1cccc2c1C(=O)c1c(O)c3c(c(O)c1C2=O)C[C@@](O)(C(=O)CO)C[C@@H]3O[C@H]1C[C@H](N)[C@H](O)[C@H](C)O1.c1ccc([C@H]2CN3CCSC3=N2)cc1. The first-order valence-corrected chi connectivity index (χ1v) is 18.3. The van der Waals surface area contributed by atoms with Crippen LogP contribution in [0.15, 0.2) is 53.5 Å². The van der Waals surface area contributed by atoms with Crippen LogP contribution in [0, 0.1) is 0 Å². The van der Waals surface area contributed by atoms with E-state index >= 15 is 0 Å². The van der Waals surface area contributed by atoms with Gasteiger partial charge in [-0.3, -0.25) is 19.4 Å². The Kier molecular flexibility index (Phi) is 10.1. The average Bonchev–Trinajstić information content (AvgIpc) is 3.77. The Balaban J connectivity index is 0.000000257. The van der Waals surface area contributed by atoms with Gasteiger partial charge in [-0.15, -0.1) is 0 Å². The zero-order chi connectivity index (χ0) is 37.8. The van der Waals surface area contributed by atoms with Gasteiger partial charge >= 0.3 is 0 Å². The second-order valence-electron chi connectivity index (χ2n) is 13.8. The maximum Gasteiger partial charge on any atom is 0.202 e. The lowest BCUT2D eigenvalue weighted by Crippen LogP contribution is -2.53. The lowest BCUT2D eigenvalue weighted by atomic mass is 9.72. The van der Waals surface area contributed by atoms with E-state index in [0.717, 1.165) is 6.54 Å². The number of ketones is 3. The molecule has 3 aliphatic heterocycles. The number of amidine groups is 1. The van der Waals surface area contributed by atoms with Crippen molar-refractivity contribution >= 4 is 34.3 Å². The van der Waals surface area contributed by atoms with Crippen molar-refractivity contribution in [3.63, 3.8) is 0 Å². The number of aliphatic imine (C=N–C) groups is 1. The minimum absolute atomic E-state index is 0.0173. The van der Waals surface area contributed by atoms with Gasteiger partial charge in [0.15, 0.2) is 23.0 Å². The van der Waals surface area contributed by atoms with Crippen LogP contribution in [0.5, 0.6) is 17.2 Å². The predicted octanol–water partition coefficient (Wildman–Crippen LogP) is 2.15. The van der Waals surface area contributed by atoms with Crippen molar-refractivity contribution < 1.29 is 54.1 Å². The van der Waals surface area contributed by atoms with E-state index < -0.39 is 95.7 Å². The summed E-state index contributed by atoms with van der Waals surface area (Å²) in [7, 11) is 1.32. The third-order valence-electron chi connectivity index (χ3n) is 10.5. The van der Waals surface area contributed by atoms with Gasteiger partial charge in [-0.1, -0.05) is 54.2 Å². The van der Waals surface area contributed by atoms with E-state index in [4.69, 9.17) is 24.9 Å². The molecular weight excluding hydrogens is 706 g/mol. The molecule has 2 saturated heterocycles. The highest BCUT2D eigenvalue weighted by molar-refractivity contribution is 8.14. The molecule has 0 unspecified atom stereocenters. The Bertz CT molecular complexity index is 1980. The number of fused-ring (bicyclic) bond motifs is 4. The molecule has 280 valence electrons. The first kappa shape index (κ1) is 37.0. The number of hydrogen-bond acceptors (Lipinski definition) is 15. The van der Waals surface area contributed by atoms with Crippen molar-refractivity contribution in [2.45, 2.75) is 68.5 Å². The van der Waals surface area contributed by atoms with E-state index in [1.54, 1.807) is 6.92 Å². The van der Waals surface area contributed by atoms with Crippen molar-refractivity contribution in [2.24, 2.45) is 10.7 Å². The molecule has 7 N–H and O–H groups in total. The lowest BCUT2D eigenvalue weighted by Gasteiger charge is -2.42. The van der Waals surface area contributed by atoms with Crippen LogP contribution in [0.4, 0.5) is 0 Å². The minimum atomic E-state index is -2.24. The summed E-state index contributed by atoms with van der Waals surface area (Å²) in [5.41, 5.74) is 3.72. The quantitative estimate of drug-likeness (QED) is 0.156. The summed E-state index contributed by atoms with van der Waals surface area (Å²) >= 11 is 1.89. The molecule has 2 aliphatic carbocycles. The molecule has 8 rings (SSSR count). The van der Waals surface area contributed by atoms with Gasteiger partial charge in [0.05, 0.1) is 48.2 Å². The summed E-state index contributed by atoms with van der Waals surface area (Å²) in [6.45, 7) is 2.81. The van der Waals surface area contributed by atoms with Gasteiger partial charge in [-0.05, 0) is 18.6 Å². The number of hydrogen-bond donors (Lipinski definition) is 6. The van der Waals surface area contributed by atoms with Gasteiger partial charge in [-0.2, -0.15) is 0 Å². The standard InChI is InChI=1S/C27H29NO11.C11H12N2S/c1-10-22(31)13(28)6-17(38-10)39-15-8-27(36,16(30)9-29)7-12-19(15)26(35)21-20(24(12)33)23(32)11-4-3-5-14(37-2)18(11)25(21)34;1-2-4-9(5-3-1)10-8-13-6-7-14-11(13)12-10/h3-5,10,13,15,17,22,29,31,33,35-36H,6-9,28H2,1-2H3;1-5,10H,6-8H2/t10-,13-,15-,17-,22+,27-;10-/m01/s1. The number of rotatable bonds is 6. The number of Topliss-reactive ketones (excluding diaryl/α,β-unsaturated/α-hetero) is 1. The average molecular weight is 748 g/mol. The molecule has 3 heterocycles. The van der Waals surface area contributed by atoms with Crippen LogP contribution in [0.25, 0.3) is 0 Å². The van der Waals surface area contributed by atoms with Crippen molar-refractivity contribution in [1.82, 2.24) is 4.90 Å². The Hall–Kier alpha value is -4.35. The number of nitrogens with two attached hydrogens (primary N) is 1. The van der Waals surface area contributed by atoms with Crippen molar-refractivity contribution in [2.75, 3.05) is 32.6 Å². The third-order valence-corrected chi connectivity index (χ3v) is 11.5. The molecule has 5 aliphatic rings. The van der Waals surface area contributed by atoms with E-state index in [-0.39, 0.29) is 34.4 Å². The monoisotopic (exact) mass is 747 g/mol. The molecule has 0 radical (unpaired) electrons. The molecule has 0 saturated carbocycles. The summed E-state index contributed by atoms with van der Waals surface area (Å²) in [5, 5.41) is 54.9. The van der Waals surface area contributed by atoms with Gasteiger partial charge in [0, 0.05) is 60.8 Å². The number of ether oxygens (including phenoxy) is 3. The molecule has 0 bridgehead atoms. The Morgan fingerprint density at radius 1 is 1.08 bits per heavy atom. The molecule has 0 aromatic heterocycles. The van der Waals surface area contributed by atoms with E-state index in [0.29, 0.717) is 6.04 Å². The van der Waals surface area contributed by atoms with Crippen molar-refractivity contribution in [3.05, 3.63) is 87.5 Å². The number of carbonyl (C=O) groups is 3. The molecule has 15 heteroatoms. The predicted molar refractivity (Wildman–Crippen MR) is 192 cm³/mol. The fourth-order valence-electron chi connectivity index (χ4n) is 7.71. The fraction of sp³-hybridized carbons (Fsp3) is 0.421. The molecule has 7 atom stereocenters. The number of thioether (sulfide) groups is 1. The van der Waals surface area contributed by atoms with Crippen LogP contribution in [-0.2, 0) is 20.7 Å². The van der Waals surface area contributed by atoms with Gasteiger partial charge in [0.25, 0.3) is 0 Å². The number of phenols is 2. The van der Waals surface area contributed by atoms with E-state index in [9.17, 15) is 39.9 Å². The summed E-state index contributed by atoms with van der Waals surface area (Å²) in [6.07, 6.45) is -5.12. The highest BCUT2D eigenvalue weighted by Gasteiger charge is 2.50. The highest BCUT2D eigenvalue weighted by atomic mass is 32.2. The highest BCUT2D eigenvalue weighted by Crippen LogP contribution is 2.52. The second kappa shape index (κ2) is 14.5. The number of nitrogens with zero attached hydrogens (tertiary/aromatic N) is 2.